The van der Waals surface area contributed by atoms with E-state index < -0.39 is 11.4 Å². The van der Waals surface area contributed by atoms with Gasteiger partial charge in [0.25, 0.3) is 5.56 Å². The number of rotatable bonds is 9. The Balaban J connectivity index is 1.18. The Hall–Kier alpha value is -4.28. The van der Waals surface area contributed by atoms with E-state index in [0.717, 1.165) is 77.7 Å². The van der Waals surface area contributed by atoms with Gasteiger partial charge in [-0.25, -0.2) is 9.31 Å². The molecule has 0 radical (unpaired) electrons. The van der Waals surface area contributed by atoms with Crippen LogP contribution in [0.15, 0.2) is 74.9 Å². The van der Waals surface area contributed by atoms with E-state index in [-0.39, 0.29) is 23.8 Å². The zero-order valence-corrected chi connectivity index (χ0v) is 25.0. The number of hydrogen-bond acceptors (Lipinski definition) is 7. The maximum atomic E-state index is 14.3. The number of H-pyrrole nitrogens is 1. The van der Waals surface area contributed by atoms with Gasteiger partial charge in [-0.2, -0.15) is 5.10 Å². The van der Waals surface area contributed by atoms with E-state index in [0.29, 0.717) is 18.7 Å². The first-order valence-electron chi connectivity index (χ1n) is 15.5. The summed E-state index contributed by atoms with van der Waals surface area (Å²) in [6, 6.07) is 17.9. The molecule has 2 N–H and O–H groups in total. The number of hydrogen-bond donors (Lipinski definition) is 2. The van der Waals surface area contributed by atoms with Crippen molar-refractivity contribution in [3.8, 4) is 22.5 Å². The molecule has 2 saturated carbocycles. The quantitative estimate of drug-likeness (QED) is 0.243. The lowest BCUT2D eigenvalue weighted by Crippen LogP contribution is -2.35. The third-order valence-corrected chi connectivity index (χ3v) is 9.20. The van der Waals surface area contributed by atoms with E-state index in [4.69, 9.17) is 9.26 Å². The van der Waals surface area contributed by atoms with E-state index >= 15 is 0 Å². The molecule has 2 aliphatic rings. The third-order valence-electron chi connectivity index (χ3n) is 9.20. The molecule has 10 heteroatoms. The van der Waals surface area contributed by atoms with Crippen LogP contribution in [0.1, 0.15) is 75.2 Å². The predicted molar refractivity (Wildman–Crippen MR) is 166 cm³/mol. The monoisotopic (exact) mass is 595 g/mol. The molecule has 2 fully saturated rings. The fraction of sp³-hybridized carbons (Fsp3) is 0.412. The van der Waals surface area contributed by atoms with Gasteiger partial charge in [-0.15, -0.1) is 0 Å². The molecular weight excluding hydrogens is 558 g/mol. The molecule has 10 nitrogen and oxygen atoms in total. The van der Waals surface area contributed by atoms with Crippen LogP contribution >= 0.6 is 0 Å². The fourth-order valence-corrected chi connectivity index (χ4v) is 6.69. The van der Waals surface area contributed by atoms with Gasteiger partial charge >= 0.3 is 5.76 Å². The summed E-state index contributed by atoms with van der Waals surface area (Å²) in [5.74, 6) is -0.214. The molecule has 2 aliphatic carbocycles. The Morgan fingerprint density at radius 1 is 1.05 bits per heavy atom. The maximum absolute atomic E-state index is 14.3. The van der Waals surface area contributed by atoms with E-state index in [1.165, 1.54) is 0 Å². The summed E-state index contributed by atoms with van der Waals surface area (Å²) in [4.78, 5) is 28.5. The van der Waals surface area contributed by atoms with Crippen molar-refractivity contribution >= 4 is 5.65 Å². The molecule has 7 rings (SSSR count). The van der Waals surface area contributed by atoms with Crippen molar-refractivity contribution in [2.75, 3.05) is 0 Å². The highest BCUT2D eigenvalue weighted by molar-refractivity contribution is 5.80. The lowest BCUT2D eigenvalue weighted by atomic mass is 9.92. The van der Waals surface area contributed by atoms with Crippen LogP contribution in [-0.2, 0) is 17.6 Å². The number of aryl methyl sites for hydroxylation is 1. The maximum Gasteiger partial charge on any atom is 0.439 e. The molecule has 2 atom stereocenters. The first kappa shape index (κ1) is 28.5. The summed E-state index contributed by atoms with van der Waals surface area (Å²) in [5.41, 5.74) is 5.63. The molecule has 0 aliphatic heterocycles. The second-order valence-electron chi connectivity index (χ2n) is 12.4. The molecule has 0 unspecified atom stereocenters. The Kier molecular flexibility index (Phi) is 7.34. The summed E-state index contributed by atoms with van der Waals surface area (Å²) in [6.07, 6.45) is 8.10. The number of aromatic amines is 1. The van der Waals surface area contributed by atoms with Crippen molar-refractivity contribution in [2.45, 2.75) is 89.1 Å². The first-order chi connectivity index (χ1) is 21.3. The molecule has 3 aromatic heterocycles. The minimum Gasteiger partial charge on any atom is -0.387 e. The highest BCUT2D eigenvalue weighted by atomic mass is 16.5. The van der Waals surface area contributed by atoms with Crippen LogP contribution in [0.2, 0.25) is 0 Å². The summed E-state index contributed by atoms with van der Waals surface area (Å²) in [7, 11) is 0. The number of ether oxygens (including phenoxy) is 1. The van der Waals surface area contributed by atoms with Gasteiger partial charge < -0.3 is 9.84 Å². The van der Waals surface area contributed by atoms with Crippen molar-refractivity contribution in [1.29, 1.82) is 0 Å². The van der Waals surface area contributed by atoms with E-state index in [1.54, 1.807) is 6.20 Å². The number of fused-ring (bicyclic) bond motifs is 1. The minimum atomic E-state index is -0.694. The lowest BCUT2D eigenvalue weighted by Gasteiger charge is -2.31. The normalized spacial score (nSPS) is 23.3. The summed E-state index contributed by atoms with van der Waals surface area (Å²) in [5, 5.41) is 18.7. The molecule has 5 aromatic rings. The number of aliphatic hydroxyl groups is 1. The average molecular weight is 596 g/mol. The van der Waals surface area contributed by atoms with E-state index in [2.05, 4.69) is 34.3 Å². The smallest absolute Gasteiger partial charge is 0.387 e. The van der Waals surface area contributed by atoms with Crippen LogP contribution < -0.4 is 11.3 Å². The molecular formula is C34H37N5O5. The van der Waals surface area contributed by atoms with Gasteiger partial charge in [0.15, 0.2) is 5.82 Å². The van der Waals surface area contributed by atoms with E-state index in [1.807, 2.05) is 58.5 Å². The molecule has 2 aromatic carbocycles. The van der Waals surface area contributed by atoms with Crippen molar-refractivity contribution in [2.24, 2.45) is 0 Å². The summed E-state index contributed by atoms with van der Waals surface area (Å²) < 4.78 is 14.8. The molecule has 228 valence electrons. The van der Waals surface area contributed by atoms with Gasteiger partial charge in [-0.1, -0.05) is 67.0 Å². The minimum absolute atomic E-state index is 0.0559. The van der Waals surface area contributed by atoms with Gasteiger partial charge in [0.05, 0.1) is 29.7 Å². The standard InChI is InChI=1S/C34H37N5O5/c1-3-6-28-27(19-21-9-11-22(12-10-21)25-7-4-5-8-26(25)31-36-33(41)44-37-31)32(40)38(30-17-18-35-39(28)30)23-13-15-24(16-14-23)43-29-20-34(29,2)42/h4-5,7-12,17-18,23-24,29,42H,3,6,13-16,19-20H2,1-2H3,(H,36,37,41)/t23?,24?,29-,34-/m1/s1. The van der Waals surface area contributed by atoms with Crippen molar-refractivity contribution in [3.63, 3.8) is 0 Å². The average Bonchev–Trinajstić information content (AvgIpc) is 3.37. The number of benzene rings is 2. The number of nitrogens with zero attached hydrogens (tertiary/aromatic N) is 4. The van der Waals surface area contributed by atoms with Crippen molar-refractivity contribution in [1.82, 2.24) is 24.3 Å². The highest BCUT2D eigenvalue weighted by Crippen LogP contribution is 2.41. The van der Waals surface area contributed by atoms with E-state index in [9.17, 15) is 14.7 Å². The molecule has 44 heavy (non-hydrogen) atoms. The van der Waals surface area contributed by atoms with Gasteiger partial charge in [-0.05, 0) is 55.7 Å². The topological polar surface area (TPSA) is 128 Å². The first-order valence-corrected chi connectivity index (χ1v) is 15.5. The van der Waals surface area contributed by atoms with Crippen LogP contribution in [0.25, 0.3) is 28.2 Å². The van der Waals surface area contributed by atoms with Gasteiger partial charge in [0.1, 0.15) is 5.65 Å². The fourth-order valence-electron chi connectivity index (χ4n) is 6.69. The Morgan fingerprint density at radius 3 is 2.43 bits per heavy atom. The van der Waals surface area contributed by atoms with Crippen LogP contribution in [0.5, 0.6) is 0 Å². The Labute approximate surface area is 254 Å². The molecule has 0 saturated heterocycles. The van der Waals surface area contributed by atoms with Crippen molar-refractivity contribution < 1.29 is 14.4 Å². The number of nitrogens with one attached hydrogen (secondary N) is 1. The van der Waals surface area contributed by atoms with Crippen LogP contribution in [-0.4, -0.2) is 47.2 Å². The highest BCUT2D eigenvalue weighted by Gasteiger charge is 2.51. The second-order valence-corrected chi connectivity index (χ2v) is 12.4. The summed E-state index contributed by atoms with van der Waals surface area (Å²) >= 11 is 0. The zero-order valence-electron chi connectivity index (χ0n) is 25.0. The summed E-state index contributed by atoms with van der Waals surface area (Å²) in [6.45, 7) is 3.95. The Bertz CT molecular complexity index is 1910. The van der Waals surface area contributed by atoms with Gasteiger partial charge in [0, 0.05) is 36.1 Å². The van der Waals surface area contributed by atoms with Crippen LogP contribution in [0.3, 0.4) is 0 Å². The van der Waals surface area contributed by atoms with Gasteiger partial charge in [0.2, 0.25) is 0 Å². The second kappa shape index (κ2) is 11.3. The zero-order chi connectivity index (χ0) is 30.4. The Morgan fingerprint density at radius 2 is 1.77 bits per heavy atom. The third kappa shape index (κ3) is 5.33. The predicted octanol–water partition coefficient (Wildman–Crippen LogP) is 5.07. The SMILES string of the molecule is CCCc1c(Cc2ccc(-c3ccccc3-c3noc(=O)[nH]3)cc2)c(=O)n(C2CCC(O[C@@H]3C[C@@]3(C)O)CC2)c2ccnn12. The van der Waals surface area contributed by atoms with Crippen molar-refractivity contribution in [3.05, 3.63) is 98.5 Å². The molecule has 0 amide bonds. The molecule has 0 spiro atoms. The number of aromatic nitrogens is 5. The van der Waals surface area contributed by atoms with Crippen LogP contribution in [0.4, 0.5) is 0 Å². The molecule has 3 heterocycles. The molecule has 0 bridgehead atoms. The van der Waals surface area contributed by atoms with Gasteiger partial charge in [-0.3, -0.25) is 18.9 Å². The van der Waals surface area contributed by atoms with Crippen LogP contribution in [0, 0.1) is 0 Å². The largest absolute Gasteiger partial charge is 0.439 e. The lowest BCUT2D eigenvalue weighted by molar-refractivity contribution is -0.0273.